The molecule has 2 aliphatic heterocycles. The number of amides is 1. The van der Waals surface area contributed by atoms with Crippen molar-refractivity contribution in [2.75, 3.05) is 45.1 Å². The van der Waals surface area contributed by atoms with Gasteiger partial charge in [-0.3, -0.25) is 4.90 Å². The van der Waals surface area contributed by atoms with Crippen LogP contribution >= 0.6 is 11.8 Å². The van der Waals surface area contributed by atoms with Gasteiger partial charge in [-0.15, -0.1) is 0 Å². The predicted octanol–water partition coefficient (Wildman–Crippen LogP) is 2.45. The summed E-state index contributed by atoms with van der Waals surface area (Å²) in [5, 5.41) is 0.656. The molecule has 0 N–H and O–H groups in total. The summed E-state index contributed by atoms with van der Waals surface area (Å²) in [7, 11) is 0. The fourth-order valence-corrected chi connectivity index (χ4v) is 4.02. The highest BCUT2D eigenvalue weighted by Crippen LogP contribution is 2.26. The Bertz CT molecular complexity index is 365. The van der Waals surface area contributed by atoms with Crippen molar-refractivity contribution >= 4 is 17.9 Å². The van der Waals surface area contributed by atoms with Crippen LogP contribution in [0.3, 0.4) is 0 Å². The molecule has 0 spiro atoms. The SMILES string of the molecule is CC1OCCC1SCCN1CCN(C(=O)OC(C)(C)C)CC1. The van der Waals surface area contributed by atoms with Crippen LogP contribution in [0.4, 0.5) is 4.79 Å². The van der Waals surface area contributed by atoms with Gasteiger partial charge >= 0.3 is 6.09 Å². The molecule has 0 saturated carbocycles. The molecular formula is C16H30N2O3S. The zero-order valence-electron chi connectivity index (χ0n) is 14.3. The third-order valence-electron chi connectivity index (χ3n) is 4.07. The zero-order chi connectivity index (χ0) is 16.2. The van der Waals surface area contributed by atoms with Crippen molar-refractivity contribution in [1.29, 1.82) is 0 Å². The molecule has 0 aromatic rings. The van der Waals surface area contributed by atoms with E-state index in [-0.39, 0.29) is 6.09 Å². The normalized spacial score (nSPS) is 27.2. The lowest BCUT2D eigenvalue weighted by molar-refractivity contribution is 0.0150. The molecule has 2 unspecified atom stereocenters. The molecule has 2 rings (SSSR count). The van der Waals surface area contributed by atoms with E-state index in [2.05, 4.69) is 11.8 Å². The smallest absolute Gasteiger partial charge is 0.410 e. The lowest BCUT2D eigenvalue weighted by Gasteiger charge is -2.35. The van der Waals surface area contributed by atoms with Gasteiger partial charge in [0.25, 0.3) is 0 Å². The summed E-state index contributed by atoms with van der Waals surface area (Å²) in [6.45, 7) is 13.3. The average Bonchev–Trinajstić information content (AvgIpc) is 2.83. The Labute approximate surface area is 138 Å². The zero-order valence-corrected chi connectivity index (χ0v) is 15.2. The first-order valence-electron chi connectivity index (χ1n) is 8.28. The van der Waals surface area contributed by atoms with Gasteiger partial charge in [0.05, 0.1) is 6.10 Å². The number of hydrogen-bond acceptors (Lipinski definition) is 5. The molecule has 0 aliphatic carbocycles. The van der Waals surface area contributed by atoms with E-state index >= 15 is 0 Å². The van der Waals surface area contributed by atoms with Crippen LogP contribution in [0.2, 0.25) is 0 Å². The molecule has 2 heterocycles. The Morgan fingerprint density at radius 2 is 1.95 bits per heavy atom. The van der Waals surface area contributed by atoms with Crippen LogP contribution in [-0.2, 0) is 9.47 Å². The molecular weight excluding hydrogens is 300 g/mol. The number of rotatable bonds is 4. The highest BCUT2D eigenvalue weighted by molar-refractivity contribution is 8.00. The Morgan fingerprint density at radius 3 is 2.50 bits per heavy atom. The minimum atomic E-state index is -0.412. The highest BCUT2D eigenvalue weighted by atomic mass is 32.2. The summed E-state index contributed by atoms with van der Waals surface area (Å²) in [5.41, 5.74) is -0.412. The van der Waals surface area contributed by atoms with Gasteiger partial charge in [0.1, 0.15) is 5.60 Å². The van der Waals surface area contributed by atoms with Crippen molar-refractivity contribution in [3.8, 4) is 0 Å². The van der Waals surface area contributed by atoms with Crippen LogP contribution in [0.25, 0.3) is 0 Å². The minimum absolute atomic E-state index is 0.182. The summed E-state index contributed by atoms with van der Waals surface area (Å²) < 4.78 is 11.0. The summed E-state index contributed by atoms with van der Waals surface area (Å²) in [6.07, 6.45) is 1.39. The molecule has 0 aromatic carbocycles. The summed E-state index contributed by atoms with van der Waals surface area (Å²) in [6, 6.07) is 0. The first-order valence-corrected chi connectivity index (χ1v) is 9.33. The highest BCUT2D eigenvalue weighted by Gasteiger charge is 2.27. The molecule has 5 nitrogen and oxygen atoms in total. The monoisotopic (exact) mass is 330 g/mol. The van der Waals surface area contributed by atoms with E-state index in [4.69, 9.17) is 9.47 Å². The predicted molar refractivity (Wildman–Crippen MR) is 90.5 cm³/mol. The Morgan fingerprint density at radius 1 is 1.27 bits per heavy atom. The topological polar surface area (TPSA) is 42.0 Å². The quantitative estimate of drug-likeness (QED) is 0.792. The molecule has 2 fully saturated rings. The molecule has 0 aromatic heterocycles. The number of nitrogens with zero attached hydrogens (tertiary/aromatic N) is 2. The van der Waals surface area contributed by atoms with Crippen LogP contribution in [0, 0.1) is 0 Å². The third-order valence-corrected chi connectivity index (χ3v) is 5.54. The maximum absolute atomic E-state index is 12.0. The van der Waals surface area contributed by atoms with Crippen molar-refractivity contribution in [3.63, 3.8) is 0 Å². The van der Waals surface area contributed by atoms with Gasteiger partial charge in [-0.1, -0.05) is 0 Å². The number of thioether (sulfide) groups is 1. The van der Waals surface area contributed by atoms with Gasteiger partial charge in [0.2, 0.25) is 0 Å². The van der Waals surface area contributed by atoms with E-state index in [9.17, 15) is 4.79 Å². The second-order valence-corrected chi connectivity index (χ2v) is 8.43. The van der Waals surface area contributed by atoms with Crippen LogP contribution in [0.1, 0.15) is 34.1 Å². The Balaban J connectivity index is 1.61. The molecule has 0 radical (unpaired) electrons. The van der Waals surface area contributed by atoms with Crippen LogP contribution in [0.15, 0.2) is 0 Å². The maximum Gasteiger partial charge on any atom is 0.410 e. The molecule has 0 bridgehead atoms. The Kier molecular flexibility index (Phi) is 6.41. The van der Waals surface area contributed by atoms with Crippen molar-refractivity contribution in [3.05, 3.63) is 0 Å². The van der Waals surface area contributed by atoms with Crippen molar-refractivity contribution in [2.24, 2.45) is 0 Å². The second-order valence-electron chi connectivity index (χ2n) is 7.08. The van der Waals surface area contributed by atoms with E-state index in [0.717, 1.165) is 45.1 Å². The fourth-order valence-electron chi connectivity index (χ4n) is 2.74. The Hall–Kier alpha value is -0.460. The molecule has 6 heteroatoms. The maximum atomic E-state index is 12.0. The van der Waals surface area contributed by atoms with Gasteiger partial charge in [-0.25, -0.2) is 4.79 Å². The number of carbonyl (C=O) groups is 1. The molecule has 2 saturated heterocycles. The van der Waals surface area contributed by atoms with Gasteiger partial charge in [-0.2, -0.15) is 11.8 Å². The first-order chi connectivity index (χ1) is 10.3. The van der Waals surface area contributed by atoms with Gasteiger partial charge in [0, 0.05) is 50.3 Å². The largest absolute Gasteiger partial charge is 0.444 e. The second kappa shape index (κ2) is 7.88. The molecule has 2 aliphatic rings. The van der Waals surface area contributed by atoms with E-state index in [1.54, 1.807) is 0 Å². The first kappa shape index (κ1) is 17.9. The third kappa shape index (κ3) is 5.63. The molecule has 128 valence electrons. The van der Waals surface area contributed by atoms with E-state index in [0.29, 0.717) is 11.4 Å². The number of ether oxygens (including phenoxy) is 2. The van der Waals surface area contributed by atoms with E-state index < -0.39 is 5.60 Å². The lowest BCUT2D eigenvalue weighted by atomic mass is 10.2. The van der Waals surface area contributed by atoms with Crippen LogP contribution in [0.5, 0.6) is 0 Å². The summed E-state index contributed by atoms with van der Waals surface area (Å²) >= 11 is 2.03. The average molecular weight is 330 g/mol. The number of carbonyl (C=O) groups excluding carboxylic acids is 1. The van der Waals surface area contributed by atoms with Crippen molar-refractivity contribution < 1.29 is 14.3 Å². The van der Waals surface area contributed by atoms with Crippen molar-refractivity contribution in [2.45, 2.75) is 51.1 Å². The molecule has 1 amide bonds. The van der Waals surface area contributed by atoms with Gasteiger partial charge in [0.15, 0.2) is 0 Å². The number of hydrogen-bond donors (Lipinski definition) is 0. The molecule has 22 heavy (non-hydrogen) atoms. The fraction of sp³-hybridized carbons (Fsp3) is 0.938. The van der Waals surface area contributed by atoms with E-state index in [1.807, 2.05) is 37.4 Å². The van der Waals surface area contributed by atoms with E-state index in [1.165, 1.54) is 6.42 Å². The molecule has 2 atom stereocenters. The summed E-state index contributed by atoms with van der Waals surface area (Å²) in [5.74, 6) is 1.14. The van der Waals surface area contributed by atoms with Gasteiger partial charge < -0.3 is 14.4 Å². The van der Waals surface area contributed by atoms with Gasteiger partial charge in [-0.05, 0) is 34.1 Å². The number of piperazine rings is 1. The lowest BCUT2D eigenvalue weighted by Crippen LogP contribution is -2.50. The minimum Gasteiger partial charge on any atom is -0.444 e. The van der Waals surface area contributed by atoms with Crippen LogP contribution in [-0.4, -0.2) is 77.9 Å². The van der Waals surface area contributed by atoms with Crippen molar-refractivity contribution in [1.82, 2.24) is 9.80 Å². The summed E-state index contributed by atoms with van der Waals surface area (Å²) in [4.78, 5) is 16.3. The standard InChI is InChI=1S/C16H30N2O3S/c1-13-14(5-11-20-13)22-12-10-17-6-8-18(9-7-17)15(19)21-16(2,3)4/h13-14H,5-12H2,1-4H3. The van der Waals surface area contributed by atoms with Crippen LogP contribution < -0.4 is 0 Å².